The summed E-state index contributed by atoms with van der Waals surface area (Å²) in [5.41, 5.74) is 1.59. The standard InChI is InChI=1S/C21H35N3O3S/c1-15(2)23-20(25)17-7-6-8-19(13-17)22-14-16-9-11-18(12-10-16)24-28(26,27)21(3,4)5/h6-8,13,15-16,18,22,24H,9-12,14H2,1-5H3,(H,23,25)/t16-,18-. The SMILES string of the molecule is CC(C)NC(=O)c1cccc(NC[C@H]2CC[C@H](NS(=O)(=O)C(C)(C)C)CC2)c1. The Kier molecular flexibility index (Phi) is 7.51. The van der Waals surface area contributed by atoms with Gasteiger partial charge in [-0.15, -0.1) is 0 Å². The molecule has 7 heteroatoms. The van der Waals surface area contributed by atoms with Gasteiger partial charge in [-0.2, -0.15) is 0 Å². The molecule has 6 nitrogen and oxygen atoms in total. The van der Waals surface area contributed by atoms with E-state index in [1.54, 1.807) is 20.8 Å². The molecule has 1 aliphatic rings. The van der Waals surface area contributed by atoms with Crippen molar-refractivity contribution in [1.82, 2.24) is 10.0 Å². The molecule has 0 spiro atoms. The number of carbonyl (C=O) groups excluding carboxylic acids is 1. The molecule has 1 aromatic rings. The number of nitrogens with one attached hydrogen (secondary N) is 3. The van der Waals surface area contributed by atoms with Crippen molar-refractivity contribution in [2.75, 3.05) is 11.9 Å². The largest absolute Gasteiger partial charge is 0.385 e. The fourth-order valence-corrected chi connectivity index (χ4v) is 4.29. The summed E-state index contributed by atoms with van der Waals surface area (Å²) in [6, 6.07) is 7.68. The van der Waals surface area contributed by atoms with E-state index in [9.17, 15) is 13.2 Å². The van der Waals surface area contributed by atoms with Gasteiger partial charge in [0.1, 0.15) is 0 Å². The first-order valence-electron chi connectivity index (χ1n) is 10.1. The summed E-state index contributed by atoms with van der Waals surface area (Å²) in [4.78, 5) is 12.1. The molecule has 0 unspecified atom stereocenters. The first kappa shape index (κ1) is 22.7. The zero-order chi connectivity index (χ0) is 20.9. The minimum absolute atomic E-state index is 0.0310. The minimum atomic E-state index is -3.30. The number of benzene rings is 1. The Morgan fingerprint density at radius 3 is 2.36 bits per heavy atom. The van der Waals surface area contributed by atoms with E-state index in [0.717, 1.165) is 37.9 Å². The fourth-order valence-electron chi connectivity index (χ4n) is 3.26. The highest BCUT2D eigenvalue weighted by atomic mass is 32.2. The second kappa shape index (κ2) is 9.27. The lowest BCUT2D eigenvalue weighted by molar-refractivity contribution is 0.0943. The number of amides is 1. The van der Waals surface area contributed by atoms with Crippen LogP contribution in [0.3, 0.4) is 0 Å². The quantitative estimate of drug-likeness (QED) is 0.643. The summed E-state index contributed by atoms with van der Waals surface area (Å²) in [6.07, 6.45) is 3.69. The van der Waals surface area contributed by atoms with Crippen LogP contribution in [0.25, 0.3) is 0 Å². The van der Waals surface area contributed by atoms with Gasteiger partial charge in [0, 0.05) is 29.9 Å². The number of anilines is 1. The Balaban J connectivity index is 1.82. The van der Waals surface area contributed by atoms with Crippen molar-refractivity contribution in [2.24, 2.45) is 5.92 Å². The van der Waals surface area contributed by atoms with Gasteiger partial charge in [0.25, 0.3) is 5.91 Å². The van der Waals surface area contributed by atoms with Crippen LogP contribution < -0.4 is 15.4 Å². The highest BCUT2D eigenvalue weighted by Crippen LogP contribution is 2.26. The average molecular weight is 410 g/mol. The maximum Gasteiger partial charge on any atom is 0.251 e. The van der Waals surface area contributed by atoms with E-state index >= 15 is 0 Å². The van der Waals surface area contributed by atoms with Gasteiger partial charge in [-0.05, 0) is 84.4 Å². The van der Waals surface area contributed by atoms with Gasteiger partial charge in [0.15, 0.2) is 0 Å². The molecule has 0 saturated heterocycles. The van der Waals surface area contributed by atoms with E-state index in [4.69, 9.17) is 0 Å². The van der Waals surface area contributed by atoms with Crippen molar-refractivity contribution in [3.8, 4) is 0 Å². The van der Waals surface area contributed by atoms with Gasteiger partial charge < -0.3 is 10.6 Å². The Labute approximate surface area is 169 Å². The van der Waals surface area contributed by atoms with Crippen LogP contribution in [0.2, 0.25) is 0 Å². The van der Waals surface area contributed by atoms with Crippen LogP contribution in [0.4, 0.5) is 5.69 Å². The second-order valence-electron chi connectivity index (χ2n) is 9.04. The molecule has 1 aromatic carbocycles. The summed E-state index contributed by atoms with van der Waals surface area (Å²) >= 11 is 0. The lowest BCUT2D eigenvalue weighted by Gasteiger charge is -2.31. The Hall–Kier alpha value is -1.60. The predicted molar refractivity (Wildman–Crippen MR) is 115 cm³/mol. The predicted octanol–water partition coefficient (Wildman–Crippen LogP) is 3.51. The molecule has 0 bridgehead atoms. The second-order valence-corrected chi connectivity index (χ2v) is 11.5. The van der Waals surface area contributed by atoms with Gasteiger partial charge in [0.05, 0.1) is 4.75 Å². The summed E-state index contributed by atoms with van der Waals surface area (Å²) < 4.78 is 26.7. The zero-order valence-corrected chi connectivity index (χ0v) is 18.5. The monoisotopic (exact) mass is 409 g/mol. The summed E-state index contributed by atoms with van der Waals surface area (Å²) in [6.45, 7) is 9.88. The van der Waals surface area contributed by atoms with Crippen molar-refractivity contribution in [3.63, 3.8) is 0 Å². The molecule has 0 heterocycles. The molecule has 0 atom stereocenters. The van der Waals surface area contributed by atoms with Crippen molar-refractivity contribution in [1.29, 1.82) is 0 Å². The van der Waals surface area contributed by atoms with Gasteiger partial charge in [-0.25, -0.2) is 13.1 Å². The van der Waals surface area contributed by atoms with Crippen LogP contribution in [0.15, 0.2) is 24.3 Å². The van der Waals surface area contributed by atoms with E-state index in [1.165, 1.54) is 0 Å². The summed E-state index contributed by atoms with van der Waals surface area (Å²) in [7, 11) is -3.30. The molecule has 0 aromatic heterocycles. The Morgan fingerprint density at radius 2 is 1.79 bits per heavy atom. The van der Waals surface area contributed by atoms with Crippen LogP contribution in [0, 0.1) is 5.92 Å². The lowest BCUT2D eigenvalue weighted by atomic mass is 9.86. The molecule has 1 amide bonds. The summed E-state index contributed by atoms with van der Waals surface area (Å²) in [5, 5.41) is 6.33. The van der Waals surface area contributed by atoms with Crippen molar-refractivity contribution in [2.45, 2.75) is 77.1 Å². The third-order valence-corrected chi connectivity index (χ3v) is 7.37. The number of rotatable bonds is 7. The van der Waals surface area contributed by atoms with Crippen LogP contribution in [-0.4, -0.2) is 37.7 Å². The molecule has 0 radical (unpaired) electrons. The Morgan fingerprint density at radius 1 is 1.14 bits per heavy atom. The van der Waals surface area contributed by atoms with E-state index in [0.29, 0.717) is 11.5 Å². The van der Waals surface area contributed by atoms with Crippen LogP contribution in [-0.2, 0) is 10.0 Å². The molecule has 2 rings (SSSR count). The van der Waals surface area contributed by atoms with Crippen LogP contribution in [0.5, 0.6) is 0 Å². The van der Waals surface area contributed by atoms with Gasteiger partial charge >= 0.3 is 0 Å². The van der Waals surface area contributed by atoms with E-state index in [1.807, 2.05) is 38.1 Å². The number of carbonyl (C=O) groups is 1. The molecular formula is C21H35N3O3S. The highest BCUT2D eigenvalue weighted by molar-refractivity contribution is 7.90. The van der Waals surface area contributed by atoms with Crippen molar-refractivity contribution in [3.05, 3.63) is 29.8 Å². The normalized spacial score (nSPS) is 20.8. The molecule has 0 aliphatic heterocycles. The summed E-state index contributed by atoms with van der Waals surface area (Å²) in [5.74, 6) is 0.439. The lowest BCUT2D eigenvalue weighted by Crippen LogP contribution is -2.46. The van der Waals surface area contributed by atoms with Crippen molar-refractivity contribution < 1.29 is 13.2 Å². The number of hydrogen-bond donors (Lipinski definition) is 3. The molecule has 1 fully saturated rings. The average Bonchev–Trinajstić information content (AvgIpc) is 2.59. The molecular weight excluding hydrogens is 374 g/mol. The van der Waals surface area contributed by atoms with Gasteiger partial charge in [0.2, 0.25) is 10.0 Å². The number of hydrogen-bond acceptors (Lipinski definition) is 4. The maximum atomic E-state index is 12.3. The van der Waals surface area contributed by atoms with E-state index < -0.39 is 14.8 Å². The molecule has 158 valence electrons. The zero-order valence-electron chi connectivity index (χ0n) is 17.7. The van der Waals surface area contributed by atoms with Crippen LogP contribution >= 0.6 is 0 Å². The molecule has 3 N–H and O–H groups in total. The highest BCUT2D eigenvalue weighted by Gasteiger charge is 2.32. The first-order chi connectivity index (χ1) is 13.0. The molecule has 28 heavy (non-hydrogen) atoms. The smallest absolute Gasteiger partial charge is 0.251 e. The maximum absolute atomic E-state index is 12.3. The number of sulfonamides is 1. The van der Waals surface area contributed by atoms with Gasteiger partial charge in [-0.3, -0.25) is 4.79 Å². The van der Waals surface area contributed by atoms with E-state index in [2.05, 4.69) is 15.4 Å². The van der Waals surface area contributed by atoms with Gasteiger partial charge in [-0.1, -0.05) is 6.07 Å². The fraction of sp³-hybridized carbons (Fsp3) is 0.667. The van der Waals surface area contributed by atoms with Crippen molar-refractivity contribution >= 4 is 21.6 Å². The Bertz CT molecular complexity index is 761. The molecule has 1 aliphatic carbocycles. The molecule has 1 saturated carbocycles. The third kappa shape index (κ3) is 6.48. The topological polar surface area (TPSA) is 87.3 Å². The minimum Gasteiger partial charge on any atom is -0.385 e. The van der Waals surface area contributed by atoms with Crippen LogP contribution in [0.1, 0.15) is 70.7 Å². The van der Waals surface area contributed by atoms with E-state index in [-0.39, 0.29) is 18.0 Å². The third-order valence-electron chi connectivity index (χ3n) is 5.11. The first-order valence-corrected chi connectivity index (χ1v) is 11.6.